The highest BCUT2D eigenvalue weighted by molar-refractivity contribution is 5.74. The maximum atomic E-state index is 11.8. The van der Waals surface area contributed by atoms with Gasteiger partial charge in [-0.2, -0.15) is 0 Å². The van der Waals surface area contributed by atoms with E-state index >= 15 is 0 Å². The smallest absolute Gasteiger partial charge is 0.317 e. The van der Waals surface area contributed by atoms with Gasteiger partial charge in [-0.25, -0.2) is 4.79 Å². The van der Waals surface area contributed by atoms with Gasteiger partial charge in [-0.3, -0.25) is 0 Å². The Balaban J connectivity index is 1.77. The molecule has 140 valence electrons. The molecule has 0 bridgehead atoms. The molecule has 0 spiro atoms. The van der Waals surface area contributed by atoms with Crippen LogP contribution < -0.4 is 5.32 Å². The molecule has 24 heavy (non-hydrogen) atoms. The molecule has 0 radical (unpaired) electrons. The molecule has 2 atom stereocenters. The van der Waals surface area contributed by atoms with E-state index in [9.17, 15) is 4.79 Å². The quantitative estimate of drug-likeness (QED) is 0.828. The van der Waals surface area contributed by atoms with Gasteiger partial charge in [0.1, 0.15) is 0 Å². The predicted octanol–water partition coefficient (Wildman–Crippen LogP) is 3.82. The van der Waals surface area contributed by atoms with Gasteiger partial charge in [0.15, 0.2) is 0 Å². The molecule has 2 aliphatic rings. The van der Waals surface area contributed by atoms with Crippen LogP contribution in [0.1, 0.15) is 60.3 Å². The zero-order valence-electron chi connectivity index (χ0n) is 16.8. The SMILES string of the molecule is CNC(=O)N1CC[C@H](CC(C)(C)CN2CC[C@H](CC(C)(C)C)C2)C1. The summed E-state index contributed by atoms with van der Waals surface area (Å²) >= 11 is 0. The number of hydrogen-bond acceptors (Lipinski definition) is 2. The van der Waals surface area contributed by atoms with Crippen molar-refractivity contribution >= 4 is 6.03 Å². The lowest BCUT2D eigenvalue weighted by Crippen LogP contribution is -2.37. The van der Waals surface area contributed by atoms with Gasteiger partial charge in [0.25, 0.3) is 0 Å². The average molecular weight is 338 g/mol. The van der Waals surface area contributed by atoms with Gasteiger partial charge >= 0.3 is 6.03 Å². The summed E-state index contributed by atoms with van der Waals surface area (Å²) in [5.41, 5.74) is 0.781. The van der Waals surface area contributed by atoms with E-state index in [1.165, 1.54) is 38.9 Å². The van der Waals surface area contributed by atoms with Crippen molar-refractivity contribution in [1.82, 2.24) is 15.1 Å². The van der Waals surface area contributed by atoms with Gasteiger partial charge in [0.2, 0.25) is 0 Å². The largest absolute Gasteiger partial charge is 0.341 e. The molecule has 2 rings (SSSR count). The highest BCUT2D eigenvalue weighted by Crippen LogP contribution is 2.35. The highest BCUT2D eigenvalue weighted by atomic mass is 16.2. The van der Waals surface area contributed by atoms with Gasteiger partial charge in [-0.1, -0.05) is 34.6 Å². The summed E-state index contributed by atoms with van der Waals surface area (Å²) in [6.07, 6.45) is 5.08. The summed E-state index contributed by atoms with van der Waals surface area (Å²) in [7, 11) is 1.72. The number of nitrogens with zero attached hydrogens (tertiary/aromatic N) is 2. The molecular weight excluding hydrogens is 298 g/mol. The Morgan fingerprint density at radius 3 is 2.25 bits per heavy atom. The van der Waals surface area contributed by atoms with Crippen LogP contribution in [0.4, 0.5) is 4.79 Å². The van der Waals surface area contributed by atoms with Gasteiger partial charge in [-0.15, -0.1) is 0 Å². The molecule has 2 aliphatic heterocycles. The number of carbonyl (C=O) groups excluding carboxylic acids is 1. The van der Waals surface area contributed by atoms with Crippen molar-refractivity contribution in [2.24, 2.45) is 22.7 Å². The van der Waals surface area contributed by atoms with E-state index < -0.39 is 0 Å². The Kier molecular flexibility index (Phi) is 6.22. The minimum absolute atomic E-state index is 0.0832. The summed E-state index contributed by atoms with van der Waals surface area (Å²) in [6.45, 7) is 17.5. The Morgan fingerprint density at radius 1 is 1.00 bits per heavy atom. The minimum atomic E-state index is 0.0832. The lowest BCUT2D eigenvalue weighted by molar-refractivity contribution is 0.163. The summed E-state index contributed by atoms with van der Waals surface area (Å²) in [5.74, 6) is 1.53. The van der Waals surface area contributed by atoms with Gasteiger partial charge in [0, 0.05) is 33.2 Å². The van der Waals surface area contributed by atoms with Crippen LogP contribution in [0.25, 0.3) is 0 Å². The van der Waals surface area contributed by atoms with Gasteiger partial charge < -0.3 is 15.1 Å². The van der Waals surface area contributed by atoms with Crippen molar-refractivity contribution in [2.75, 3.05) is 39.8 Å². The van der Waals surface area contributed by atoms with Crippen LogP contribution in [0.15, 0.2) is 0 Å². The summed E-state index contributed by atoms with van der Waals surface area (Å²) in [6, 6.07) is 0.0832. The zero-order valence-corrected chi connectivity index (χ0v) is 16.8. The highest BCUT2D eigenvalue weighted by Gasteiger charge is 2.34. The van der Waals surface area contributed by atoms with Crippen LogP contribution in [-0.2, 0) is 0 Å². The standard InChI is InChI=1S/C20H39N3O/c1-19(2,3)11-16-7-9-22(13-16)15-20(4,5)12-17-8-10-23(14-17)18(24)21-6/h16-17H,7-15H2,1-6H3,(H,21,24)/t16-,17-/m1/s1. The van der Waals surface area contributed by atoms with Crippen LogP contribution in [0, 0.1) is 22.7 Å². The molecule has 0 aromatic heterocycles. The van der Waals surface area contributed by atoms with E-state index in [-0.39, 0.29) is 6.03 Å². The number of carbonyl (C=O) groups is 1. The van der Waals surface area contributed by atoms with Crippen LogP contribution in [0.2, 0.25) is 0 Å². The van der Waals surface area contributed by atoms with E-state index in [0.717, 1.165) is 25.4 Å². The second kappa shape index (κ2) is 7.63. The summed E-state index contributed by atoms with van der Waals surface area (Å²) < 4.78 is 0. The third kappa shape index (κ3) is 5.94. The molecular formula is C20H39N3O. The molecule has 2 amide bonds. The van der Waals surface area contributed by atoms with Crippen LogP contribution in [0.3, 0.4) is 0 Å². The lowest BCUT2D eigenvalue weighted by atomic mass is 9.81. The Morgan fingerprint density at radius 2 is 1.62 bits per heavy atom. The Hall–Kier alpha value is -0.770. The summed E-state index contributed by atoms with van der Waals surface area (Å²) in [5, 5.41) is 2.75. The zero-order chi connectivity index (χ0) is 18.0. The van der Waals surface area contributed by atoms with Crippen molar-refractivity contribution in [3.63, 3.8) is 0 Å². The molecule has 0 unspecified atom stereocenters. The van der Waals surface area contributed by atoms with Crippen LogP contribution in [-0.4, -0.2) is 55.6 Å². The number of amides is 2. The molecule has 0 saturated carbocycles. The van der Waals surface area contributed by atoms with E-state index in [1.54, 1.807) is 7.05 Å². The fraction of sp³-hybridized carbons (Fsp3) is 0.950. The van der Waals surface area contributed by atoms with Gasteiger partial charge in [-0.05, 0) is 54.9 Å². The topological polar surface area (TPSA) is 35.6 Å². The molecule has 0 aliphatic carbocycles. The average Bonchev–Trinajstić information content (AvgIpc) is 3.05. The second-order valence-corrected chi connectivity index (χ2v) is 10.2. The monoisotopic (exact) mass is 337 g/mol. The van der Waals surface area contributed by atoms with E-state index in [4.69, 9.17) is 0 Å². The molecule has 2 heterocycles. The first kappa shape index (κ1) is 19.6. The molecule has 1 N–H and O–H groups in total. The van der Waals surface area contributed by atoms with Crippen molar-refractivity contribution in [3.8, 4) is 0 Å². The fourth-order valence-corrected chi connectivity index (χ4v) is 4.88. The summed E-state index contributed by atoms with van der Waals surface area (Å²) in [4.78, 5) is 16.4. The maximum absolute atomic E-state index is 11.8. The molecule has 2 saturated heterocycles. The number of hydrogen-bond donors (Lipinski definition) is 1. The number of urea groups is 1. The first-order valence-corrected chi connectivity index (χ1v) is 9.77. The number of likely N-dealkylation sites (tertiary alicyclic amines) is 2. The number of nitrogens with one attached hydrogen (secondary N) is 1. The second-order valence-electron chi connectivity index (χ2n) is 10.2. The van der Waals surface area contributed by atoms with Gasteiger partial charge in [0.05, 0.1) is 0 Å². The minimum Gasteiger partial charge on any atom is -0.341 e. The van der Waals surface area contributed by atoms with Crippen LogP contribution >= 0.6 is 0 Å². The first-order valence-electron chi connectivity index (χ1n) is 9.77. The van der Waals surface area contributed by atoms with Crippen molar-refractivity contribution in [3.05, 3.63) is 0 Å². The lowest BCUT2D eigenvalue weighted by Gasteiger charge is -2.33. The fourth-order valence-electron chi connectivity index (χ4n) is 4.88. The number of rotatable bonds is 5. The third-order valence-corrected chi connectivity index (χ3v) is 5.55. The molecule has 4 nitrogen and oxygen atoms in total. The Labute approximate surface area is 149 Å². The van der Waals surface area contributed by atoms with Crippen molar-refractivity contribution in [2.45, 2.75) is 60.3 Å². The van der Waals surface area contributed by atoms with E-state index in [1.807, 2.05) is 4.90 Å². The normalized spacial score (nSPS) is 26.2. The third-order valence-electron chi connectivity index (χ3n) is 5.55. The van der Waals surface area contributed by atoms with Crippen molar-refractivity contribution in [1.29, 1.82) is 0 Å². The van der Waals surface area contributed by atoms with Crippen molar-refractivity contribution < 1.29 is 4.79 Å². The molecule has 4 heteroatoms. The maximum Gasteiger partial charge on any atom is 0.317 e. The molecule has 0 aromatic rings. The predicted molar refractivity (Wildman–Crippen MR) is 101 cm³/mol. The van der Waals surface area contributed by atoms with E-state index in [2.05, 4.69) is 44.8 Å². The molecule has 2 fully saturated rings. The Bertz CT molecular complexity index is 427. The first-order chi connectivity index (χ1) is 11.1. The molecule has 0 aromatic carbocycles. The van der Waals surface area contributed by atoms with Crippen LogP contribution in [0.5, 0.6) is 0 Å². The van der Waals surface area contributed by atoms with E-state index in [0.29, 0.717) is 16.7 Å².